The monoisotopic (exact) mass is 347 g/mol. The molecular formula is C17H15ClFN3O2. The summed E-state index contributed by atoms with van der Waals surface area (Å²) in [6.07, 6.45) is 1.45. The molecule has 0 fully saturated rings. The molecule has 0 aliphatic carbocycles. The molecule has 0 radical (unpaired) electrons. The lowest BCUT2D eigenvalue weighted by Gasteiger charge is -2.10. The van der Waals surface area contributed by atoms with E-state index in [1.807, 2.05) is 18.2 Å². The molecule has 0 amide bonds. The summed E-state index contributed by atoms with van der Waals surface area (Å²) < 4.78 is 23.8. The van der Waals surface area contributed by atoms with Crippen LogP contribution >= 0.6 is 11.6 Å². The van der Waals surface area contributed by atoms with Gasteiger partial charge in [-0.2, -0.15) is 0 Å². The fourth-order valence-corrected chi connectivity index (χ4v) is 2.36. The number of halogens is 2. The van der Waals surface area contributed by atoms with Crippen LogP contribution in [0.2, 0.25) is 5.02 Å². The Kier molecular flexibility index (Phi) is 5.08. The van der Waals surface area contributed by atoms with Gasteiger partial charge in [-0.1, -0.05) is 11.6 Å². The van der Waals surface area contributed by atoms with Crippen molar-refractivity contribution >= 4 is 34.0 Å². The van der Waals surface area contributed by atoms with E-state index in [9.17, 15) is 4.39 Å². The normalized spacial score (nSPS) is 10.8. The number of ether oxygens (including phenoxy) is 2. The van der Waals surface area contributed by atoms with Crippen molar-refractivity contribution in [2.75, 3.05) is 25.6 Å². The van der Waals surface area contributed by atoms with Crippen LogP contribution in [0.1, 0.15) is 0 Å². The van der Waals surface area contributed by atoms with Crippen molar-refractivity contribution in [1.82, 2.24) is 9.97 Å². The van der Waals surface area contributed by atoms with Gasteiger partial charge in [0, 0.05) is 24.2 Å². The molecule has 0 aliphatic heterocycles. The van der Waals surface area contributed by atoms with Crippen LogP contribution in [0.15, 0.2) is 42.7 Å². The number of nitrogens with one attached hydrogen (secondary N) is 1. The highest BCUT2D eigenvalue weighted by Gasteiger charge is 2.07. The van der Waals surface area contributed by atoms with E-state index in [1.54, 1.807) is 13.2 Å². The third kappa shape index (κ3) is 3.72. The van der Waals surface area contributed by atoms with Gasteiger partial charge in [0.2, 0.25) is 0 Å². The zero-order chi connectivity index (χ0) is 16.9. The minimum Gasteiger partial charge on any atom is -0.491 e. The number of methoxy groups -OCH3 is 1. The molecule has 124 valence electrons. The average molecular weight is 348 g/mol. The highest BCUT2D eigenvalue weighted by molar-refractivity contribution is 6.31. The Morgan fingerprint density at radius 1 is 1.12 bits per heavy atom. The van der Waals surface area contributed by atoms with Gasteiger partial charge in [0.1, 0.15) is 30.3 Å². The van der Waals surface area contributed by atoms with Gasteiger partial charge in [0.15, 0.2) is 0 Å². The number of benzene rings is 2. The molecule has 1 N–H and O–H groups in total. The van der Waals surface area contributed by atoms with Crippen LogP contribution in [0.3, 0.4) is 0 Å². The Morgan fingerprint density at radius 2 is 2.00 bits per heavy atom. The molecule has 1 heterocycles. The summed E-state index contributed by atoms with van der Waals surface area (Å²) >= 11 is 5.81. The Labute approximate surface area is 143 Å². The van der Waals surface area contributed by atoms with Crippen molar-refractivity contribution in [3.8, 4) is 5.75 Å². The van der Waals surface area contributed by atoms with Crippen molar-refractivity contribution in [2.45, 2.75) is 0 Å². The van der Waals surface area contributed by atoms with Gasteiger partial charge in [-0.15, -0.1) is 0 Å². The second-order valence-corrected chi connectivity index (χ2v) is 5.40. The van der Waals surface area contributed by atoms with Crippen LogP contribution in [-0.4, -0.2) is 30.3 Å². The van der Waals surface area contributed by atoms with Gasteiger partial charge < -0.3 is 14.8 Å². The fraction of sp³-hybridized carbons (Fsp3) is 0.176. The first-order chi connectivity index (χ1) is 11.7. The molecule has 0 bridgehead atoms. The van der Waals surface area contributed by atoms with Crippen molar-refractivity contribution in [2.24, 2.45) is 0 Å². The molecule has 0 spiro atoms. The van der Waals surface area contributed by atoms with Crippen LogP contribution < -0.4 is 10.1 Å². The summed E-state index contributed by atoms with van der Waals surface area (Å²) in [5.41, 5.74) is 1.37. The SMILES string of the molecule is COCCOc1ccc2c(Nc3ccc(F)c(Cl)c3)ncnc2c1. The zero-order valence-electron chi connectivity index (χ0n) is 12.9. The summed E-state index contributed by atoms with van der Waals surface area (Å²) in [5.74, 6) is 0.841. The molecule has 24 heavy (non-hydrogen) atoms. The summed E-state index contributed by atoms with van der Waals surface area (Å²) in [6, 6.07) is 9.94. The minimum absolute atomic E-state index is 0.0483. The van der Waals surface area contributed by atoms with Crippen LogP contribution in [0.5, 0.6) is 5.75 Å². The molecule has 0 atom stereocenters. The van der Waals surface area contributed by atoms with Gasteiger partial charge in [-0.25, -0.2) is 14.4 Å². The van der Waals surface area contributed by atoms with Gasteiger partial charge in [-0.3, -0.25) is 0 Å². The Morgan fingerprint density at radius 3 is 2.79 bits per heavy atom. The molecule has 0 saturated carbocycles. The maximum absolute atomic E-state index is 13.3. The van der Waals surface area contributed by atoms with Gasteiger partial charge >= 0.3 is 0 Å². The quantitative estimate of drug-likeness (QED) is 0.677. The minimum atomic E-state index is -0.465. The fourth-order valence-electron chi connectivity index (χ4n) is 2.18. The van der Waals surface area contributed by atoms with E-state index in [2.05, 4.69) is 15.3 Å². The van der Waals surface area contributed by atoms with E-state index in [-0.39, 0.29) is 5.02 Å². The maximum atomic E-state index is 13.3. The summed E-state index contributed by atoms with van der Waals surface area (Å²) in [7, 11) is 1.62. The number of hydrogen-bond acceptors (Lipinski definition) is 5. The van der Waals surface area contributed by atoms with E-state index in [0.29, 0.717) is 30.5 Å². The van der Waals surface area contributed by atoms with E-state index < -0.39 is 5.82 Å². The molecule has 5 nitrogen and oxygen atoms in total. The molecule has 2 aromatic carbocycles. The standard InChI is InChI=1S/C17H15ClFN3O2/c1-23-6-7-24-12-3-4-13-16(9-12)20-10-21-17(13)22-11-2-5-15(19)14(18)8-11/h2-5,8-10H,6-7H2,1H3,(H,20,21,22). The molecule has 0 aliphatic rings. The molecule has 7 heteroatoms. The smallest absolute Gasteiger partial charge is 0.141 e. The van der Waals surface area contributed by atoms with Crippen molar-refractivity contribution in [1.29, 1.82) is 0 Å². The second-order valence-electron chi connectivity index (χ2n) is 5.00. The Balaban J connectivity index is 1.86. The van der Waals surface area contributed by atoms with Crippen LogP contribution in [0, 0.1) is 5.82 Å². The first-order valence-corrected chi connectivity index (χ1v) is 7.64. The predicted molar refractivity (Wildman–Crippen MR) is 91.6 cm³/mol. The molecule has 1 aromatic heterocycles. The summed E-state index contributed by atoms with van der Waals surface area (Å²) in [5, 5.41) is 3.99. The highest BCUT2D eigenvalue weighted by atomic mass is 35.5. The Bertz CT molecular complexity index is 860. The van der Waals surface area contributed by atoms with Crippen LogP contribution in [-0.2, 0) is 4.74 Å². The Hall–Kier alpha value is -2.44. The molecule has 3 rings (SSSR count). The number of rotatable bonds is 6. The molecule has 3 aromatic rings. The number of hydrogen-bond donors (Lipinski definition) is 1. The summed E-state index contributed by atoms with van der Waals surface area (Å²) in [6.45, 7) is 0.978. The van der Waals surface area contributed by atoms with Crippen molar-refractivity contribution in [3.05, 3.63) is 53.6 Å². The van der Waals surface area contributed by atoms with E-state index in [1.165, 1.54) is 18.5 Å². The lowest BCUT2D eigenvalue weighted by atomic mass is 10.2. The van der Waals surface area contributed by atoms with E-state index >= 15 is 0 Å². The molecule has 0 unspecified atom stereocenters. The number of nitrogens with zero attached hydrogens (tertiary/aromatic N) is 2. The number of fused-ring (bicyclic) bond motifs is 1. The first-order valence-electron chi connectivity index (χ1n) is 7.26. The molecular weight excluding hydrogens is 333 g/mol. The lowest BCUT2D eigenvalue weighted by molar-refractivity contribution is 0.146. The van der Waals surface area contributed by atoms with Gasteiger partial charge in [-0.05, 0) is 30.3 Å². The van der Waals surface area contributed by atoms with Gasteiger partial charge in [0.05, 0.1) is 17.1 Å². The molecule has 0 saturated heterocycles. The van der Waals surface area contributed by atoms with Crippen molar-refractivity contribution in [3.63, 3.8) is 0 Å². The average Bonchev–Trinajstić information content (AvgIpc) is 2.58. The predicted octanol–water partition coefficient (Wildman–Crippen LogP) is 4.19. The van der Waals surface area contributed by atoms with Gasteiger partial charge in [0.25, 0.3) is 0 Å². The maximum Gasteiger partial charge on any atom is 0.141 e. The number of aromatic nitrogens is 2. The summed E-state index contributed by atoms with van der Waals surface area (Å²) in [4.78, 5) is 8.50. The topological polar surface area (TPSA) is 56.3 Å². The van der Waals surface area contributed by atoms with Crippen molar-refractivity contribution < 1.29 is 13.9 Å². The third-order valence-corrected chi connectivity index (χ3v) is 3.64. The van der Waals surface area contributed by atoms with Crippen LogP contribution in [0.4, 0.5) is 15.9 Å². The number of anilines is 2. The zero-order valence-corrected chi connectivity index (χ0v) is 13.7. The van der Waals surface area contributed by atoms with Crippen LogP contribution in [0.25, 0.3) is 10.9 Å². The second kappa shape index (κ2) is 7.42. The third-order valence-electron chi connectivity index (χ3n) is 3.35. The van der Waals surface area contributed by atoms with E-state index in [0.717, 1.165) is 10.9 Å². The highest BCUT2D eigenvalue weighted by Crippen LogP contribution is 2.27. The first kappa shape index (κ1) is 16.4. The lowest BCUT2D eigenvalue weighted by Crippen LogP contribution is -2.04. The largest absolute Gasteiger partial charge is 0.491 e. The van der Waals surface area contributed by atoms with E-state index in [4.69, 9.17) is 21.1 Å².